The average Bonchev–Trinajstić information content (AvgIpc) is 2.89. The number of aliphatic hydroxyl groups excluding tert-OH is 1. The predicted octanol–water partition coefficient (Wildman–Crippen LogP) is 3.51. The number of furan rings is 1. The number of aryl methyl sites for hydroxylation is 2. The van der Waals surface area contributed by atoms with Gasteiger partial charge in [0, 0.05) is 6.42 Å². The van der Waals surface area contributed by atoms with Crippen LogP contribution in [-0.4, -0.2) is 5.11 Å². The minimum atomic E-state index is -0.411. The fourth-order valence-electron chi connectivity index (χ4n) is 1.92. The largest absolute Gasteiger partial charge is 0.469 e. The van der Waals surface area contributed by atoms with Crippen molar-refractivity contribution in [3.63, 3.8) is 0 Å². The molecule has 0 saturated heterocycles. The van der Waals surface area contributed by atoms with Crippen LogP contribution < -0.4 is 0 Å². The van der Waals surface area contributed by atoms with E-state index in [4.69, 9.17) is 4.42 Å². The number of benzene rings is 1. The maximum atomic E-state index is 10.1. The van der Waals surface area contributed by atoms with E-state index in [2.05, 4.69) is 19.1 Å². The molecule has 1 atom stereocenters. The number of hydrogen-bond acceptors (Lipinski definition) is 2. The molecule has 0 aliphatic heterocycles. The van der Waals surface area contributed by atoms with Crippen molar-refractivity contribution < 1.29 is 9.52 Å². The molecule has 1 aromatic carbocycles. The molecule has 2 rings (SSSR count). The molecule has 0 radical (unpaired) electrons. The zero-order chi connectivity index (χ0) is 12.1. The topological polar surface area (TPSA) is 33.4 Å². The number of rotatable bonds is 5. The Morgan fingerprint density at radius 1 is 1.24 bits per heavy atom. The third-order valence-corrected chi connectivity index (χ3v) is 2.99. The van der Waals surface area contributed by atoms with Crippen LogP contribution in [0.3, 0.4) is 0 Å². The summed E-state index contributed by atoms with van der Waals surface area (Å²) in [5, 5.41) is 10.1. The Balaban J connectivity index is 1.96. The molecule has 0 saturated carbocycles. The molecule has 2 aromatic rings. The van der Waals surface area contributed by atoms with Crippen molar-refractivity contribution in [2.45, 2.75) is 32.3 Å². The molecule has 90 valence electrons. The van der Waals surface area contributed by atoms with Gasteiger partial charge in [-0.05, 0) is 36.1 Å². The molecule has 1 unspecified atom stereocenters. The summed E-state index contributed by atoms with van der Waals surface area (Å²) < 4.78 is 5.25. The van der Waals surface area contributed by atoms with Crippen molar-refractivity contribution in [1.29, 1.82) is 0 Å². The van der Waals surface area contributed by atoms with Crippen LogP contribution in [-0.2, 0) is 12.8 Å². The molecule has 1 N–H and O–H groups in total. The SMILES string of the molecule is CCc1cccc(C(O)CCc2ccco2)c1. The van der Waals surface area contributed by atoms with Gasteiger partial charge in [-0.2, -0.15) is 0 Å². The lowest BCUT2D eigenvalue weighted by Crippen LogP contribution is -2.00. The standard InChI is InChI=1S/C15H18O2/c1-2-12-5-3-6-13(11-12)15(16)9-8-14-7-4-10-17-14/h3-7,10-11,15-16H,2,8-9H2,1H3. The summed E-state index contributed by atoms with van der Waals surface area (Å²) in [6, 6.07) is 12.0. The third-order valence-electron chi connectivity index (χ3n) is 2.99. The first-order valence-electron chi connectivity index (χ1n) is 6.09. The normalized spacial score (nSPS) is 12.6. The van der Waals surface area contributed by atoms with Crippen LogP contribution >= 0.6 is 0 Å². The highest BCUT2D eigenvalue weighted by Crippen LogP contribution is 2.20. The van der Waals surface area contributed by atoms with Crippen molar-refractivity contribution in [3.8, 4) is 0 Å². The van der Waals surface area contributed by atoms with Crippen LogP contribution in [0.25, 0.3) is 0 Å². The Kier molecular flexibility index (Phi) is 3.99. The molecule has 1 heterocycles. The van der Waals surface area contributed by atoms with E-state index in [0.29, 0.717) is 6.42 Å². The van der Waals surface area contributed by atoms with E-state index in [-0.39, 0.29) is 0 Å². The second-order valence-corrected chi connectivity index (χ2v) is 4.23. The van der Waals surface area contributed by atoms with E-state index in [9.17, 15) is 5.11 Å². The molecule has 1 aromatic heterocycles. The molecular formula is C15H18O2. The average molecular weight is 230 g/mol. The van der Waals surface area contributed by atoms with Crippen molar-refractivity contribution in [3.05, 3.63) is 59.5 Å². The fourth-order valence-corrected chi connectivity index (χ4v) is 1.92. The van der Waals surface area contributed by atoms with Crippen LogP contribution in [0.5, 0.6) is 0 Å². The predicted molar refractivity (Wildman–Crippen MR) is 67.8 cm³/mol. The van der Waals surface area contributed by atoms with Gasteiger partial charge in [-0.1, -0.05) is 31.2 Å². The van der Waals surface area contributed by atoms with E-state index in [1.165, 1.54) is 5.56 Å². The Morgan fingerprint density at radius 3 is 2.82 bits per heavy atom. The van der Waals surface area contributed by atoms with Gasteiger partial charge in [0.25, 0.3) is 0 Å². The summed E-state index contributed by atoms with van der Waals surface area (Å²) in [6.07, 6.45) is 3.72. The van der Waals surface area contributed by atoms with Crippen molar-refractivity contribution in [2.24, 2.45) is 0 Å². The summed E-state index contributed by atoms with van der Waals surface area (Å²) in [5.41, 5.74) is 2.26. The lowest BCUT2D eigenvalue weighted by Gasteiger charge is -2.11. The van der Waals surface area contributed by atoms with Crippen molar-refractivity contribution >= 4 is 0 Å². The van der Waals surface area contributed by atoms with E-state index < -0.39 is 6.10 Å². The van der Waals surface area contributed by atoms with Crippen LogP contribution in [0.1, 0.15) is 36.3 Å². The van der Waals surface area contributed by atoms with Gasteiger partial charge in [-0.3, -0.25) is 0 Å². The van der Waals surface area contributed by atoms with Gasteiger partial charge in [-0.15, -0.1) is 0 Å². The van der Waals surface area contributed by atoms with Gasteiger partial charge in [0.2, 0.25) is 0 Å². The minimum Gasteiger partial charge on any atom is -0.469 e. The highest BCUT2D eigenvalue weighted by atomic mass is 16.3. The third kappa shape index (κ3) is 3.21. The lowest BCUT2D eigenvalue weighted by molar-refractivity contribution is 0.165. The summed E-state index contributed by atoms with van der Waals surface area (Å²) in [5.74, 6) is 0.927. The molecule has 0 aliphatic rings. The molecule has 0 fully saturated rings. The van der Waals surface area contributed by atoms with Gasteiger partial charge in [-0.25, -0.2) is 0 Å². The van der Waals surface area contributed by atoms with Crippen LogP contribution in [0.15, 0.2) is 47.1 Å². The van der Waals surface area contributed by atoms with E-state index in [1.54, 1.807) is 6.26 Å². The van der Waals surface area contributed by atoms with Crippen LogP contribution in [0, 0.1) is 0 Å². The molecular weight excluding hydrogens is 212 g/mol. The van der Waals surface area contributed by atoms with Gasteiger partial charge >= 0.3 is 0 Å². The van der Waals surface area contributed by atoms with E-state index in [0.717, 1.165) is 24.2 Å². The zero-order valence-corrected chi connectivity index (χ0v) is 10.1. The molecule has 2 heteroatoms. The maximum Gasteiger partial charge on any atom is 0.103 e. The van der Waals surface area contributed by atoms with Gasteiger partial charge < -0.3 is 9.52 Å². The Bertz CT molecular complexity index is 446. The van der Waals surface area contributed by atoms with Gasteiger partial charge in [0.15, 0.2) is 0 Å². The first kappa shape index (κ1) is 11.9. The monoisotopic (exact) mass is 230 g/mol. The smallest absolute Gasteiger partial charge is 0.103 e. The van der Waals surface area contributed by atoms with Crippen LogP contribution in [0.2, 0.25) is 0 Å². The molecule has 2 nitrogen and oxygen atoms in total. The quantitative estimate of drug-likeness (QED) is 0.852. The Labute approximate surface area is 102 Å². The summed E-state index contributed by atoms with van der Waals surface area (Å²) in [6.45, 7) is 2.12. The van der Waals surface area contributed by atoms with Crippen molar-refractivity contribution in [2.75, 3.05) is 0 Å². The zero-order valence-electron chi connectivity index (χ0n) is 10.1. The molecule has 0 aliphatic carbocycles. The highest BCUT2D eigenvalue weighted by Gasteiger charge is 2.08. The van der Waals surface area contributed by atoms with Gasteiger partial charge in [0.1, 0.15) is 5.76 Å². The summed E-state index contributed by atoms with van der Waals surface area (Å²) >= 11 is 0. The lowest BCUT2D eigenvalue weighted by atomic mass is 10.0. The molecule has 0 bridgehead atoms. The van der Waals surface area contributed by atoms with Crippen LogP contribution in [0.4, 0.5) is 0 Å². The second kappa shape index (κ2) is 5.69. The summed E-state index contributed by atoms with van der Waals surface area (Å²) in [4.78, 5) is 0. The molecule has 0 amide bonds. The fraction of sp³-hybridized carbons (Fsp3) is 0.333. The first-order chi connectivity index (χ1) is 8.29. The Hall–Kier alpha value is -1.54. The second-order valence-electron chi connectivity index (χ2n) is 4.23. The number of aliphatic hydroxyl groups is 1. The van der Waals surface area contributed by atoms with E-state index >= 15 is 0 Å². The molecule has 17 heavy (non-hydrogen) atoms. The molecule has 0 spiro atoms. The maximum absolute atomic E-state index is 10.1. The number of hydrogen-bond donors (Lipinski definition) is 1. The van der Waals surface area contributed by atoms with E-state index in [1.807, 2.05) is 24.3 Å². The highest BCUT2D eigenvalue weighted by molar-refractivity contribution is 5.25. The minimum absolute atomic E-state index is 0.411. The van der Waals surface area contributed by atoms with Crippen molar-refractivity contribution in [1.82, 2.24) is 0 Å². The first-order valence-corrected chi connectivity index (χ1v) is 6.09. The summed E-state index contributed by atoms with van der Waals surface area (Å²) in [7, 11) is 0. The van der Waals surface area contributed by atoms with Gasteiger partial charge in [0.05, 0.1) is 12.4 Å². The Morgan fingerprint density at radius 2 is 2.12 bits per heavy atom.